The normalized spacial score (nSPS) is 17.8. The van der Waals surface area contributed by atoms with Crippen molar-refractivity contribution in [3.05, 3.63) is 82.5 Å². The van der Waals surface area contributed by atoms with Gasteiger partial charge < -0.3 is 28.6 Å². The Kier molecular flexibility index (Phi) is 11.5. The molecule has 1 fully saturated rings. The number of allylic oxidation sites excluding steroid dienone is 1. The first kappa shape index (κ1) is 37.5. The van der Waals surface area contributed by atoms with E-state index in [0.29, 0.717) is 24.6 Å². The molecule has 0 spiro atoms. The molecule has 7 rings (SSSR count). The third-order valence-corrected chi connectivity index (χ3v) is 12.9. The molecule has 1 unspecified atom stereocenters. The fraction of sp³-hybridized carbons (Fsp3) is 0.476. The Labute approximate surface area is 320 Å². The number of piperazine rings is 1. The summed E-state index contributed by atoms with van der Waals surface area (Å²) >= 11 is 6.21. The number of ether oxygens (including phenoxy) is 3. The van der Waals surface area contributed by atoms with Crippen molar-refractivity contribution in [1.82, 2.24) is 14.5 Å². The second kappa shape index (κ2) is 16.3. The van der Waals surface area contributed by atoms with Gasteiger partial charge in [0, 0.05) is 76.2 Å². The fourth-order valence-electron chi connectivity index (χ4n) is 7.82. The predicted molar refractivity (Wildman–Crippen MR) is 219 cm³/mol. The third-order valence-electron chi connectivity index (χ3n) is 10.9. The molecule has 282 valence electrons. The molecule has 1 atom stereocenters. The minimum Gasteiger partial charge on any atom is -0.476 e. The number of aromatic nitrogens is 2. The molecule has 0 amide bonds. The van der Waals surface area contributed by atoms with E-state index in [2.05, 4.69) is 82.2 Å². The maximum absolute atomic E-state index is 13.2. The number of carbonyl (C=O) groups is 1. The van der Waals surface area contributed by atoms with Crippen molar-refractivity contribution in [1.29, 1.82) is 0 Å². The zero-order valence-corrected chi connectivity index (χ0v) is 33.8. The lowest BCUT2D eigenvalue weighted by molar-refractivity contribution is 0.0271. The average Bonchev–Trinajstić information content (AvgIpc) is 3.46. The van der Waals surface area contributed by atoms with Crippen LogP contribution in [0.2, 0.25) is 30.7 Å². The molecule has 0 radical (unpaired) electrons. The number of methoxy groups -OCH3 is 1. The third kappa shape index (κ3) is 8.61. The van der Waals surface area contributed by atoms with Crippen LogP contribution < -0.4 is 14.5 Å². The Bertz CT molecular complexity index is 1950. The first-order chi connectivity index (χ1) is 25.6. The topological polar surface area (TPSA) is 72.3 Å². The molecule has 2 aromatic carbocycles. The van der Waals surface area contributed by atoms with Gasteiger partial charge in [-0.3, -0.25) is 4.90 Å². The summed E-state index contributed by atoms with van der Waals surface area (Å²) in [4.78, 5) is 25.5. The number of pyridine rings is 1. The second-order valence-corrected chi connectivity index (χ2v) is 21.9. The standard InChI is InChI=1S/C42H54ClN5O4Si/c1-30(51-25-26-53(3,4)5)47-19-17-32-27-39-41(44-40(32)47)52-24-8-18-48(39)38-28-35(15-16-37(38)42(49)50-2)46-22-20-45(21-23-46)29-33-9-6-7-10-36(33)31-11-13-34(43)14-12-31/h11-17,19,27-28,30H,6-10,18,20-26,29H2,1-5H3. The van der Waals surface area contributed by atoms with Gasteiger partial charge in [0.05, 0.1) is 25.0 Å². The number of benzene rings is 2. The number of halogens is 1. The van der Waals surface area contributed by atoms with Crippen molar-refractivity contribution < 1.29 is 19.0 Å². The Morgan fingerprint density at radius 1 is 0.943 bits per heavy atom. The lowest BCUT2D eigenvalue weighted by Gasteiger charge is -2.38. The fourth-order valence-corrected chi connectivity index (χ4v) is 8.68. The Balaban J connectivity index is 1.12. The highest BCUT2D eigenvalue weighted by Gasteiger charge is 2.28. The molecule has 1 aliphatic carbocycles. The molecular weight excluding hydrogens is 702 g/mol. The van der Waals surface area contributed by atoms with Gasteiger partial charge in [0.2, 0.25) is 5.88 Å². The van der Waals surface area contributed by atoms with Gasteiger partial charge in [-0.15, -0.1) is 0 Å². The summed E-state index contributed by atoms with van der Waals surface area (Å²) in [6.45, 7) is 15.9. The van der Waals surface area contributed by atoms with Crippen LogP contribution in [0.4, 0.5) is 17.1 Å². The smallest absolute Gasteiger partial charge is 0.339 e. The van der Waals surface area contributed by atoms with Crippen LogP contribution in [0.1, 0.15) is 61.2 Å². The van der Waals surface area contributed by atoms with E-state index in [4.69, 9.17) is 30.8 Å². The number of hydrogen-bond donors (Lipinski definition) is 0. The number of fused-ring (bicyclic) bond motifs is 2. The SMILES string of the molecule is COC(=O)c1ccc(N2CCN(CC3=C(c4ccc(Cl)cc4)CCCC3)CC2)cc1N1CCCOc2nc3c(ccn3C(C)OCC[Si](C)(C)C)cc21. The summed E-state index contributed by atoms with van der Waals surface area (Å²) in [5, 5.41) is 1.78. The minimum atomic E-state index is -1.20. The zero-order chi connectivity index (χ0) is 37.1. The van der Waals surface area contributed by atoms with Gasteiger partial charge in [0.1, 0.15) is 17.6 Å². The molecular formula is C42H54ClN5O4Si. The van der Waals surface area contributed by atoms with Crippen LogP contribution in [0, 0.1) is 0 Å². The summed E-state index contributed by atoms with van der Waals surface area (Å²) in [5.74, 6) is 0.207. The van der Waals surface area contributed by atoms with Gasteiger partial charge in [-0.1, -0.05) is 48.9 Å². The van der Waals surface area contributed by atoms with Gasteiger partial charge >= 0.3 is 5.97 Å². The maximum Gasteiger partial charge on any atom is 0.339 e. The Morgan fingerprint density at radius 3 is 2.47 bits per heavy atom. The van der Waals surface area contributed by atoms with Crippen molar-refractivity contribution in [2.75, 3.05) is 69.4 Å². The van der Waals surface area contributed by atoms with Gasteiger partial charge in [0.25, 0.3) is 0 Å². The molecule has 0 N–H and O–H groups in total. The summed E-state index contributed by atoms with van der Waals surface area (Å²) in [6, 6.07) is 19.8. The zero-order valence-electron chi connectivity index (χ0n) is 32.0. The van der Waals surface area contributed by atoms with Crippen molar-refractivity contribution in [2.45, 2.75) is 70.9 Å². The van der Waals surface area contributed by atoms with Crippen LogP contribution in [0.25, 0.3) is 16.6 Å². The van der Waals surface area contributed by atoms with Crippen LogP contribution in [0.15, 0.2) is 66.4 Å². The van der Waals surface area contributed by atoms with Crippen molar-refractivity contribution >= 4 is 59.3 Å². The van der Waals surface area contributed by atoms with Gasteiger partial charge in [-0.25, -0.2) is 4.79 Å². The highest BCUT2D eigenvalue weighted by Crippen LogP contribution is 2.41. The van der Waals surface area contributed by atoms with E-state index in [-0.39, 0.29) is 12.2 Å². The molecule has 0 bridgehead atoms. The van der Waals surface area contributed by atoms with Crippen LogP contribution in [-0.4, -0.2) is 88.1 Å². The van der Waals surface area contributed by atoms with Gasteiger partial charge in [-0.05, 0) is 98.7 Å². The summed E-state index contributed by atoms with van der Waals surface area (Å²) in [5.41, 5.74) is 8.51. The van der Waals surface area contributed by atoms with Crippen molar-refractivity contribution in [2.24, 2.45) is 0 Å². The number of nitrogens with zero attached hydrogens (tertiary/aromatic N) is 5. The van der Waals surface area contributed by atoms with E-state index in [1.54, 1.807) is 5.57 Å². The molecule has 1 saturated heterocycles. The Morgan fingerprint density at radius 2 is 1.72 bits per heavy atom. The molecule has 9 nitrogen and oxygen atoms in total. The number of carbonyl (C=O) groups excluding carboxylic acids is 1. The maximum atomic E-state index is 13.2. The van der Waals surface area contributed by atoms with E-state index in [0.717, 1.165) is 97.8 Å². The van der Waals surface area contributed by atoms with Crippen LogP contribution >= 0.6 is 11.6 Å². The highest BCUT2D eigenvalue weighted by molar-refractivity contribution is 6.76. The van der Waals surface area contributed by atoms with Crippen molar-refractivity contribution in [3.63, 3.8) is 0 Å². The Hall–Kier alpha value is -3.83. The lowest BCUT2D eigenvalue weighted by Crippen LogP contribution is -2.47. The molecule has 4 heterocycles. The van der Waals surface area contributed by atoms with E-state index in [1.807, 2.05) is 24.4 Å². The molecule has 0 saturated carbocycles. The van der Waals surface area contributed by atoms with Gasteiger partial charge in [0.15, 0.2) is 0 Å². The van der Waals surface area contributed by atoms with E-state index >= 15 is 0 Å². The summed E-state index contributed by atoms with van der Waals surface area (Å²) in [7, 11) is 0.241. The van der Waals surface area contributed by atoms with Crippen LogP contribution in [-0.2, 0) is 9.47 Å². The monoisotopic (exact) mass is 755 g/mol. The van der Waals surface area contributed by atoms with E-state index < -0.39 is 8.07 Å². The number of anilines is 3. The first-order valence-electron chi connectivity index (χ1n) is 19.3. The predicted octanol–water partition coefficient (Wildman–Crippen LogP) is 9.42. The molecule has 2 aromatic heterocycles. The molecule has 3 aliphatic rings. The average molecular weight is 756 g/mol. The molecule has 2 aliphatic heterocycles. The molecule has 53 heavy (non-hydrogen) atoms. The first-order valence-corrected chi connectivity index (χ1v) is 23.4. The van der Waals surface area contributed by atoms with E-state index in [1.165, 1.54) is 31.1 Å². The molecule has 4 aromatic rings. The van der Waals surface area contributed by atoms with Crippen molar-refractivity contribution in [3.8, 4) is 5.88 Å². The highest BCUT2D eigenvalue weighted by atomic mass is 35.5. The molecule has 11 heteroatoms. The number of rotatable bonds is 11. The number of hydrogen-bond acceptors (Lipinski definition) is 8. The number of esters is 1. The summed E-state index contributed by atoms with van der Waals surface area (Å²) in [6.07, 6.45) is 7.48. The quantitative estimate of drug-likeness (QED) is 0.111. The van der Waals surface area contributed by atoms with Crippen LogP contribution in [0.5, 0.6) is 5.88 Å². The minimum absolute atomic E-state index is 0.149. The summed E-state index contributed by atoms with van der Waals surface area (Å²) < 4.78 is 19.9. The van der Waals surface area contributed by atoms with Gasteiger partial charge in [-0.2, -0.15) is 4.98 Å². The largest absolute Gasteiger partial charge is 0.476 e. The lowest BCUT2D eigenvalue weighted by atomic mass is 9.87. The van der Waals surface area contributed by atoms with Crippen LogP contribution in [0.3, 0.4) is 0 Å². The second-order valence-electron chi connectivity index (χ2n) is 15.8. The van der Waals surface area contributed by atoms with E-state index in [9.17, 15) is 4.79 Å².